The first-order valence-corrected chi connectivity index (χ1v) is 6.61. The molecule has 0 saturated carbocycles. The molecule has 2 aromatic rings. The minimum atomic E-state index is -0.232. The van der Waals surface area contributed by atoms with Crippen molar-refractivity contribution in [2.45, 2.75) is 26.0 Å². The molecular weight excluding hydrogens is 238 g/mol. The highest BCUT2D eigenvalue weighted by Gasteiger charge is 2.03. The molecular formula is C15H21N3O. The molecule has 1 aromatic carbocycles. The molecule has 0 aliphatic rings. The van der Waals surface area contributed by atoms with Gasteiger partial charge in [0.1, 0.15) is 0 Å². The van der Waals surface area contributed by atoms with Crippen molar-refractivity contribution < 1.29 is 5.11 Å². The number of aromatic nitrogens is 2. The van der Waals surface area contributed by atoms with Crippen LogP contribution >= 0.6 is 0 Å². The monoisotopic (exact) mass is 259 g/mol. The fraction of sp³-hybridized carbons (Fsp3) is 0.400. The first kappa shape index (κ1) is 13.8. The van der Waals surface area contributed by atoms with Gasteiger partial charge in [0.05, 0.1) is 11.8 Å². The van der Waals surface area contributed by atoms with Gasteiger partial charge >= 0.3 is 0 Å². The van der Waals surface area contributed by atoms with Crippen LogP contribution in [0.25, 0.3) is 5.69 Å². The van der Waals surface area contributed by atoms with E-state index >= 15 is 0 Å². The molecule has 0 fully saturated rings. The van der Waals surface area contributed by atoms with Crippen LogP contribution in [0.4, 0.5) is 0 Å². The van der Waals surface area contributed by atoms with Gasteiger partial charge in [0.15, 0.2) is 0 Å². The van der Waals surface area contributed by atoms with Gasteiger partial charge in [-0.3, -0.25) is 0 Å². The summed E-state index contributed by atoms with van der Waals surface area (Å²) < 4.78 is 1.85. The van der Waals surface area contributed by atoms with Crippen molar-refractivity contribution in [3.05, 3.63) is 48.3 Å². The lowest BCUT2D eigenvalue weighted by Crippen LogP contribution is -2.22. The first-order valence-electron chi connectivity index (χ1n) is 6.61. The summed E-state index contributed by atoms with van der Waals surface area (Å²) in [5.41, 5.74) is 2.34. The van der Waals surface area contributed by atoms with Crippen LogP contribution in [0.15, 0.2) is 42.7 Å². The van der Waals surface area contributed by atoms with E-state index < -0.39 is 0 Å². The third-order valence-electron chi connectivity index (χ3n) is 3.09. The first-order chi connectivity index (χ1) is 9.15. The Labute approximate surface area is 114 Å². The molecule has 0 radical (unpaired) electrons. The van der Waals surface area contributed by atoms with Gasteiger partial charge in [-0.05, 0) is 44.2 Å². The summed E-state index contributed by atoms with van der Waals surface area (Å²) in [5.74, 6) is 0. The molecule has 1 heterocycles. The summed E-state index contributed by atoms with van der Waals surface area (Å²) in [6.45, 7) is 3.62. The SMILES string of the molecule is CC(O)CCN(C)Cc1ccc(-n2cccn2)cc1. The zero-order valence-corrected chi connectivity index (χ0v) is 11.5. The number of benzene rings is 1. The van der Waals surface area contributed by atoms with E-state index in [0.717, 1.165) is 25.2 Å². The third-order valence-corrected chi connectivity index (χ3v) is 3.09. The highest BCUT2D eigenvalue weighted by atomic mass is 16.3. The molecule has 0 aliphatic heterocycles. The van der Waals surface area contributed by atoms with E-state index in [1.54, 1.807) is 6.20 Å². The van der Waals surface area contributed by atoms with Crippen LogP contribution in [-0.4, -0.2) is 39.5 Å². The molecule has 0 amide bonds. The van der Waals surface area contributed by atoms with Crippen molar-refractivity contribution in [1.82, 2.24) is 14.7 Å². The quantitative estimate of drug-likeness (QED) is 0.863. The van der Waals surface area contributed by atoms with Crippen molar-refractivity contribution in [2.75, 3.05) is 13.6 Å². The summed E-state index contributed by atoms with van der Waals surface area (Å²) >= 11 is 0. The summed E-state index contributed by atoms with van der Waals surface area (Å²) in [4.78, 5) is 2.22. The molecule has 0 bridgehead atoms. The molecule has 1 unspecified atom stereocenters. The maximum atomic E-state index is 9.27. The number of aliphatic hydroxyl groups is 1. The predicted octanol–water partition coefficient (Wildman–Crippen LogP) is 2.08. The Morgan fingerprint density at radius 3 is 2.63 bits per heavy atom. The minimum Gasteiger partial charge on any atom is -0.393 e. The van der Waals surface area contributed by atoms with Crippen LogP contribution in [0.5, 0.6) is 0 Å². The van der Waals surface area contributed by atoms with Gasteiger partial charge in [-0.1, -0.05) is 12.1 Å². The Bertz CT molecular complexity index is 477. The summed E-state index contributed by atoms with van der Waals surface area (Å²) in [7, 11) is 2.07. The van der Waals surface area contributed by atoms with Crippen LogP contribution in [0.1, 0.15) is 18.9 Å². The van der Waals surface area contributed by atoms with Crippen molar-refractivity contribution in [1.29, 1.82) is 0 Å². The van der Waals surface area contributed by atoms with Crippen LogP contribution in [0, 0.1) is 0 Å². The molecule has 1 aromatic heterocycles. The molecule has 102 valence electrons. The van der Waals surface area contributed by atoms with Crippen molar-refractivity contribution in [3.8, 4) is 5.69 Å². The summed E-state index contributed by atoms with van der Waals surface area (Å²) in [6, 6.07) is 10.3. The Hall–Kier alpha value is -1.65. The second-order valence-corrected chi connectivity index (χ2v) is 4.99. The summed E-state index contributed by atoms with van der Waals surface area (Å²) in [5, 5.41) is 13.5. The minimum absolute atomic E-state index is 0.232. The van der Waals surface area contributed by atoms with E-state index in [0.29, 0.717) is 0 Å². The van der Waals surface area contributed by atoms with Crippen LogP contribution in [0.2, 0.25) is 0 Å². The van der Waals surface area contributed by atoms with E-state index in [4.69, 9.17) is 0 Å². The van der Waals surface area contributed by atoms with Gasteiger partial charge in [0.25, 0.3) is 0 Å². The van der Waals surface area contributed by atoms with Crippen molar-refractivity contribution in [2.24, 2.45) is 0 Å². The molecule has 4 nitrogen and oxygen atoms in total. The number of aliphatic hydroxyl groups excluding tert-OH is 1. The van der Waals surface area contributed by atoms with Crippen molar-refractivity contribution >= 4 is 0 Å². The lowest BCUT2D eigenvalue weighted by molar-refractivity contribution is 0.163. The molecule has 0 spiro atoms. The normalized spacial score (nSPS) is 12.8. The summed E-state index contributed by atoms with van der Waals surface area (Å²) in [6.07, 6.45) is 4.29. The van der Waals surface area contributed by atoms with E-state index in [-0.39, 0.29) is 6.10 Å². The predicted molar refractivity (Wildman–Crippen MR) is 76.2 cm³/mol. The maximum Gasteiger partial charge on any atom is 0.0645 e. The Morgan fingerprint density at radius 1 is 1.32 bits per heavy atom. The third kappa shape index (κ3) is 4.19. The molecule has 1 N–H and O–H groups in total. The lowest BCUT2D eigenvalue weighted by atomic mass is 10.2. The molecule has 2 rings (SSSR count). The van der Waals surface area contributed by atoms with Gasteiger partial charge in [-0.15, -0.1) is 0 Å². The van der Waals surface area contributed by atoms with E-state index in [1.165, 1.54) is 5.56 Å². The molecule has 1 atom stereocenters. The highest BCUT2D eigenvalue weighted by molar-refractivity contribution is 5.33. The largest absolute Gasteiger partial charge is 0.393 e. The maximum absolute atomic E-state index is 9.27. The van der Waals surface area contributed by atoms with E-state index in [1.807, 2.05) is 23.9 Å². The lowest BCUT2D eigenvalue weighted by Gasteiger charge is -2.17. The van der Waals surface area contributed by atoms with E-state index in [2.05, 4.69) is 41.3 Å². The van der Waals surface area contributed by atoms with Gasteiger partial charge in [0, 0.05) is 25.5 Å². The zero-order valence-electron chi connectivity index (χ0n) is 11.5. The second kappa shape index (κ2) is 6.50. The molecule has 0 saturated heterocycles. The van der Waals surface area contributed by atoms with Gasteiger partial charge in [-0.25, -0.2) is 4.68 Å². The average Bonchev–Trinajstić information content (AvgIpc) is 2.91. The smallest absolute Gasteiger partial charge is 0.0645 e. The molecule has 4 heteroatoms. The average molecular weight is 259 g/mol. The number of nitrogens with zero attached hydrogens (tertiary/aromatic N) is 3. The van der Waals surface area contributed by atoms with Crippen LogP contribution in [-0.2, 0) is 6.54 Å². The Balaban J connectivity index is 1.92. The fourth-order valence-electron chi connectivity index (χ4n) is 1.97. The van der Waals surface area contributed by atoms with Gasteiger partial charge in [0.2, 0.25) is 0 Å². The van der Waals surface area contributed by atoms with Crippen molar-refractivity contribution in [3.63, 3.8) is 0 Å². The zero-order chi connectivity index (χ0) is 13.7. The topological polar surface area (TPSA) is 41.3 Å². The molecule has 19 heavy (non-hydrogen) atoms. The number of rotatable bonds is 6. The Kier molecular flexibility index (Phi) is 4.71. The number of hydrogen-bond donors (Lipinski definition) is 1. The fourth-order valence-corrected chi connectivity index (χ4v) is 1.97. The van der Waals surface area contributed by atoms with Gasteiger partial charge in [-0.2, -0.15) is 5.10 Å². The highest BCUT2D eigenvalue weighted by Crippen LogP contribution is 2.10. The van der Waals surface area contributed by atoms with Crippen LogP contribution in [0.3, 0.4) is 0 Å². The Morgan fingerprint density at radius 2 is 2.05 bits per heavy atom. The van der Waals surface area contributed by atoms with Crippen LogP contribution < -0.4 is 0 Å². The molecule has 0 aliphatic carbocycles. The second-order valence-electron chi connectivity index (χ2n) is 4.99. The number of hydrogen-bond acceptors (Lipinski definition) is 3. The van der Waals surface area contributed by atoms with Gasteiger partial charge < -0.3 is 10.0 Å². The standard InChI is InChI=1S/C15H21N3O/c1-13(19)8-11-17(2)12-14-4-6-15(7-5-14)18-10-3-9-16-18/h3-7,9-10,13,19H,8,11-12H2,1-2H3. The van der Waals surface area contributed by atoms with E-state index in [9.17, 15) is 5.11 Å².